The first-order chi connectivity index (χ1) is 13.0. The van der Waals surface area contributed by atoms with E-state index < -0.39 is 0 Å². The Bertz CT molecular complexity index is 988. The van der Waals surface area contributed by atoms with Gasteiger partial charge in [0.15, 0.2) is 6.17 Å². The lowest BCUT2D eigenvalue weighted by atomic mass is 10.00. The van der Waals surface area contributed by atoms with Gasteiger partial charge in [-0.3, -0.25) is 0 Å². The largest absolute Gasteiger partial charge is 0.507 e. The quantitative estimate of drug-likeness (QED) is 0.707. The first-order valence-corrected chi connectivity index (χ1v) is 9.54. The molecule has 2 N–H and O–H groups in total. The van der Waals surface area contributed by atoms with Crippen LogP contribution in [-0.2, 0) is 0 Å². The fraction of sp³-hybridized carbons (Fsp3) is 0.318. The molecule has 5 nitrogen and oxygen atoms in total. The van der Waals surface area contributed by atoms with Crippen molar-refractivity contribution in [3.05, 3.63) is 59.3 Å². The minimum absolute atomic E-state index is 0.243. The molecule has 5 heteroatoms. The van der Waals surface area contributed by atoms with Crippen LogP contribution in [0.4, 0.5) is 11.4 Å². The second-order valence-electron chi connectivity index (χ2n) is 7.08. The van der Waals surface area contributed by atoms with Crippen LogP contribution in [0.25, 0.3) is 11.3 Å². The summed E-state index contributed by atoms with van der Waals surface area (Å²) >= 11 is 0. The molecule has 1 atom stereocenters. The zero-order chi connectivity index (χ0) is 19.1. The van der Waals surface area contributed by atoms with Crippen LogP contribution < -0.4 is 10.2 Å². The molecule has 0 spiro atoms. The molecule has 0 saturated carbocycles. The molecule has 0 amide bonds. The number of phenols is 1. The van der Waals surface area contributed by atoms with Crippen LogP contribution in [-0.4, -0.2) is 28.0 Å². The Labute approximate surface area is 160 Å². The number of fused-ring (bicyclic) bond motifs is 3. The van der Waals surface area contributed by atoms with Gasteiger partial charge in [-0.15, -0.1) is 0 Å². The van der Waals surface area contributed by atoms with Crippen LogP contribution in [0.3, 0.4) is 0 Å². The van der Waals surface area contributed by atoms with E-state index in [4.69, 9.17) is 5.10 Å². The monoisotopic (exact) mass is 362 g/mol. The summed E-state index contributed by atoms with van der Waals surface area (Å²) in [6, 6.07) is 14.3. The molecule has 0 fully saturated rings. The smallest absolute Gasteiger partial charge is 0.150 e. The summed E-state index contributed by atoms with van der Waals surface area (Å²) in [5.41, 5.74) is 7.32. The van der Waals surface area contributed by atoms with E-state index in [0.29, 0.717) is 0 Å². The zero-order valence-corrected chi connectivity index (χ0v) is 16.3. The van der Waals surface area contributed by atoms with Crippen molar-refractivity contribution in [3.63, 3.8) is 0 Å². The van der Waals surface area contributed by atoms with E-state index >= 15 is 0 Å². The second-order valence-corrected chi connectivity index (χ2v) is 7.08. The average molecular weight is 362 g/mol. The number of aromatic hydroxyl groups is 1. The first-order valence-electron chi connectivity index (χ1n) is 9.54. The molecule has 3 aromatic rings. The first kappa shape index (κ1) is 17.5. The number of nitrogens with one attached hydrogen (secondary N) is 1. The van der Waals surface area contributed by atoms with Gasteiger partial charge in [0.1, 0.15) is 5.75 Å². The molecule has 2 aromatic carbocycles. The van der Waals surface area contributed by atoms with Gasteiger partial charge in [0.25, 0.3) is 0 Å². The molecule has 1 aliphatic rings. The highest BCUT2D eigenvalue weighted by Crippen LogP contribution is 2.42. The fourth-order valence-electron chi connectivity index (χ4n) is 3.94. The number of benzene rings is 2. The Hall–Kier alpha value is -2.95. The van der Waals surface area contributed by atoms with Gasteiger partial charge >= 0.3 is 0 Å². The van der Waals surface area contributed by atoms with E-state index in [2.05, 4.69) is 61.3 Å². The molecule has 0 bridgehead atoms. The maximum absolute atomic E-state index is 10.8. The topological polar surface area (TPSA) is 53.3 Å². The number of aromatic nitrogens is 2. The van der Waals surface area contributed by atoms with Crippen molar-refractivity contribution in [1.82, 2.24) is 9.78 Å². The summed E-state index contributed by atoms with van der Waals surface area (Å²) in [7, 11) is 0. The predicted octanol–water partition coefficient (Wildman–Crippen LogP) is 4.69. The van der Waals surface area contributed by atoms with Crippen molar-refractivity contribution in [3.8, 4) is 17.0 Å². The third-order valence-electron chi connectivity index (χ3n) is 5.37. The van der Waals surface area contributed by atoms with Gasteiger partial charge in [-0.2, -0.15) is 5.10 Å². The van der Waals surface area contributed by atoms with Gasteiger partial charge < -0.3 is 15.3 Å². The van der Waals surface area contributed by atoms with Gasteiger partial charge in [0.05, 0.1) is 11.4 Å². The van der Waals surface area contributed by atoms with Crippen molar-refractivity contribution >= 4 is 11.4 Å². The summed E-state index contributed by atoms with van der Waals surface area (Å²) in [6.45, 7) is 10.2. The molecule has 2 heterocycles. The highest BCUT2D eigenvalue weighted by atomic mass is 16.3. The number of phenolic OH excluding ortho intramolecular Hbond substituents is 1. The molecular weight excluding hydrogens is 336 g/mol. The normalized spacial score (nSPS) is 15.0. The number of hydrogen-bond donors (Lipinski definition) is 2. The van der Waals surface area contributed by atoms with Gasteiger partial charge in [-0.05, 0) is 51.5 Å². The molecule has 0 radical (unpaired) electrons. The number of anilines is 2. The van der Waals surface area contributed by atoms with Crippen molar-refractivity contribution in [2.24, 2.45) is 0 Å². The minimum Gasteiger partial charge on any atom is -0.507 e. The van der Waals surface area contributed by atoms with Crippen LogP contribution in [0.5, 0.6) is 5.75 Å². The lowest BCUT2D eigenvalue weighted by Gasteiger charge is -2.31. The van der Waals surface area contributed by atoms with Crippen molar-refractivity contribution in [1.29, 1.82) is 0 Å². The summed E-state index contributed by atoms with van der Waals surface area (Å²) in [4.78, 5) is 2.22. The van der Waals surface area contributed by atoms with E-state index in [1.165, 1.54) is 5.56 Å². The van der Waals surface area contributed by atoms with Crippen molar-refractivity contribution < 1.29 is 5.11 Å². The highest BCUT2D eigenvalue weighted by molar-refractivity contribution is 5.81. The molecule has 0 saturated heterocycles. The fourth-order valence-corrected chi connectivity index (χ4v) is 3.94. The van der Waals surface area contributed by atoms with E-state index in [9.17, 15) is 5.11 Å². The Morgan fingerprint density at radius 3 is 2.59 bits per heavy atom. The average Bonchev–Trinajstić information content (AvgIpc) is 3.05. The van der Waals surface area contributed by atoms with E-state index in [1.807, 2.05) is 23.7 Å². The zero-order valence-electron chi connectivity index (χ0n) is 16.3. The Balaban J connectivity index is 1.82. The van der Waals surface area contributed by atoms with Crippen LogP contribution in [0.15, 0.2) is 42.5 Å². The highest BCUT2D eigenvalue weighted by Gasteiger charge is 2.29. The van der Waals surface area contributed by atoms with Gasteiger partial charge in [-0.1, -0.05) is 18.2 Å². The molecule has 140 valence electrons. The Morgan fingerprint density at radius 2 is 1.89 bits per heavy atom. The molecule has 0 unspecified atom stereocenters. The second kappa shape index (κ2) is 6.65. The third kappa shape index (κ3) is 2.83. The van der Waals surface area contributed by atoms with Gasteiger partial charge in [-0.25, -0.2) is 4.68 Å². The number of nitrogens with zero attached hydrogens (tertiary/aromatic N) is 3. The lowest BCUT2D eigenvalue weighted by Crippen LogP contribution is -2.26. The Kier molecular flexibility index (Phi) is 4.30. The van der Waals surface area contributed by atoms with Crippen LogP contribution >= 0.6 is 0 Å². The predicted molar refractivity (Wildman–Crippen MR) is 111 cm³/mol. The number of para-hydroxylation sites is 1. The lowest BCUT2D eigenvalue weighted by molar-refractivity contribution is 0.452. The van der Waals surface area contributed by atoms with Crippen LogP contribution in [0, 0.1) is 13.8 Å². The molecular formula is C22H26N4O. The van der Waals surface area contributed by atoms with Gasteiger partial charge in [0, 0.05) is 41.7 Å². The summed E-state index contributed by atoms with van der Waals surface area (Å²) in [5, 5.41) is 19.1. The van der Waals surface area contributed by atoms with Crippen molar-refractivity contribution in [2.75, 3.05) is 23.3 Å². The molecule has 1 aromatic heterocycles. The molecule has 27 heavy (non-hydrogen) atoms. The van der Waals surface area contributed by atoms with E-state index in [-0.39, 0.29) is 11.9 Å². The standard InChI is InChI=1S/C22H26N4O/c1-5-25(6-2)16-10-11-18(20(27)13-16)22-23-21-14(3)8-7-9-17(21)19-12-15(4)24-26(19)22/h7-13,22-23,27H,5-6H2,1-4H3/t22-/m1/s1. The van der Waals surface area contributed by atoms with Crippen LogP contribution in [0.1, 0.15) is 36.8 Å². The summed E-state index contributed by atoms with van der Waals surface area (Å²) < 4.78 is 1.98. The molecule has 1 aliphatic heterocycles. The SMILES string of the molecule is CCN(CC)c1ccc([C@@H]2Nc3c(C)cccc3-c3cc(C)nn32)c(O)c1. The maximum atomic E-state index is 10.8. The number of rotatable bonds is 4. The van der Waals surface area contributed by atoms with Gasteiger partial charge in [0.2, 0.25) is 0 Å². The third-order valence-corrected chi connectivity index (χ3v) is 5.37. The molecule has 4 rings (SSSR count). The minimum atomic E-state index is -0.243. The maximum Gasteiger partial charge on any atom is 0.150 e. The molecule has 0 aliphatic carbocycles. The van der Waals surface area contributed by atoms with E-state index in [1.54, 1.807) is 0 Å². The Morgan fingerprint density at radius 1 is 1.11 bits per heavy atom. The summed E-state index contributed by atoms with van der Waals surface area (Å²) in [6.07, 6.45) is -0.243. The number of aryl methyl sites for hydroxylation is 2. The number of hydrogen-bond acceptors (Lipinski definition) is 4. The summed E-state index contributed by atoms with van der Waals surface area (Å²) in [5.74, 6) is 0.285. The van der Waals surface area contributed by atoms with Crippen molar-refractivity contribution in [2.45, 2.75) is 33.9 Å². The van der Waals surface area contributed by atoms with Crippen LogP contribution in [0.2, 0.25) is 0 Å². The van der Waals surface area contributed by atoms with E-state index in [0.717, 1.165) is 47.0 Å².